The van der Waals surface area contributed by atoms with Gasteiger partial charge in [-0.05, 0) is 36.6 Å². The van der Waals surface area contributed by atoms with Crippen molar-refractivity contribution in [1.29, 1.82) is 0 Å². The molecule has 0 saturated carbocycles. The van der Waals surface area contributed by atoms with Gasteiger partial charge in [-0.15, -0.1) is 0 Å². The van der Waals surface area contributed by atoms with Crippen molar-refractivity contribution < 1.29 is 40.8 Å². The van der Waals surface area contributed by atoms with E-state index in [0.29, 0.717) is 38.3 Å². The van der Waals surface area contributed by atoms with Crippen molar-refractivity contribution in [2.75, 3.05) is 41.7 Å². The number of hydrogen-bond donors (Lipinski definition) is 3. The number of amides is 4. The molecule has 0 spiro atoms. The van der Waals surface area contributed by atoms with E-state index in [2.05, 4.69) is 40.9 Å². The SMILES string of the molecule is O=C1CCN(c2ccc(CN3CCC(n4cc(NC(=O)c5coc(-c6ccnc(NCC(F)(F)F)c6)n5)c(C(F)F)n4)CC3)cn2)C(=O)N1. The van der Waals surface area contributed by atoms with E-state index < -0.39 is 36.8 Å². The van der Waals surface area contributed by atoms with Crippen LogP contribution in [0.15, 0.2) is 53.5 Å². The van der Waals surface area contributed by atoms with E-state index in [4.69, 9.17) is 4.42 Å². The molecule has 4 amide bonds. The Bertz CT molecular complexity index is 1820. The minimum absolute atomic E-state index is 0.0852. The van der Waals surface area contributed by atoms with Crippen LogP contribution in [0.4, 0.5) is 44.1 Å². The van der Waals surface area contributed by atoms with E-state index in [1.165, 1.54) is 34.1 Å². The van der Waals surface area contributed by atoms with Crippen molar-refractivity contribution in [2.45, 2.75) is 44.5 Å². The highest BCUT2D eigenvalue weighted by Crippen LogP contribution is 2.31. The van der Waals surface area contributed by atoms with E-state index in [9.17, 15) is 36.3 Å². The van der Waals surface area contributed by atoms with Crippen molar-refractivity contribution in [3.8, 4) is 11.5 Å². The minimum Gasteiger partial charge on any atom is -0.444 e. The lowest BCUT2D eigenvalue weighted by atomic mass is 10.0. The first-order valence-electron chi connectivity index (χ1n) is 15.1. The van der Waals surface area contributed by atoms with E-state index in [-0.39, 0.29) is 53.6 Å². The number of alkyl halides is 5. The molecule has 2 aliphatic heterocycles. The van der Waals surface area contributed by atoms with Crippen LogP contribution in [0.1, 0.15) is 53.5 Å². The van der Waals surface area contributed by atoms with Crippen molar-refractivity contribution in [2.24, 2.45) is 0 Å². The highest BCUT2D eigenvalue weighted by Gasteiger charge is 2.29. The van der Waals surface area contributed by atoms with Crippen LogP contribution >= 0.6 is 0 Å². The Hall–Kier alpha value is -5.46. The highest BCUT2D eigenvalue weighted by atomic mass is 19.4. The number of carbonyl (C=O) groups excluding carboxylic acids is 3. The standard InChI is InChI=1S/C30H29F5N10O4/c31-26(32)25-20(39-27(47)21-15-49-28(40-21)18-3-7-36-22(11-18)38-16-30(33,34)35)14-45(42-25)19-4-8-43(9-5-19)13-17-1-2-23(37-12-17)44-10-6-24(46)41-29(44)48/h1-3,7,11-12,14-15,19,26H,4-6,8-10,13,16H2,(H,36,38)(H,39,47)(H,41,46,48). The normalized spacial score (nSPS) is 16.2. The summed E-state index contributed by atoms with van der Waals surface area (Å²) in [5, 5.41) is 10.9. The molecular weight excluding hydrogens is 659 g/mol. The molecule has 6 heterocycles. The molecule has 14 nitrogen and oxygen atoms in total. The van der Waals surface area contributed by atoms with Crippen LogP contribution in [0.25, 0.3) is 11.5 Å². The van der Waals surface area contributed by atoms with Crippen LogP contribution in [-0.2, 0) is 11.3 Å². The first-order valence-corrected chi connectivity index (χ1v) is 15.1. The summed E-state index contributed by atoms with van der Waals surface area (Å²) < 4.78 is 72.3. The van der Waals surface area contributed by atoms with Gasteiger partial charge in [0.15, 0.2) is 11.4 Å². The van der Waals surface area contributed by atoms with E-state index >= 15 is 0 Å². The Morgan fingerprint density at radius 2 is 1.90 bits per heavy atom. The number of oxazole rings is 1. The van der Waals surface area contributed by atoms with Gasteiger partial charge in [-0.1, -0.05) is 6.07 Å². The molecule has 49 heavy (non-hydrogen) atoms. The lowest BCUT2D eigenvalue weighted by Gasteiger charge is -2.32. The number of likely N-dealkylation sites (tertiary alicyclic amines) is 1. The second kappa shape index (κ2) is 14.0. The van der Waals surface area contributed by atoms with Gasteiger partial charge in [0, 0.05) is 56.8 Å². The third kappa shape index (κ3) is 8.16. The maximum atomic E-state index is 14.0. The van der Waals surface area contributed by atoms with Crippen molar-refractivity contribution in [3.05, 3.63) is 66.1 Å². The summed E-state index contributed by atoms with van der Waals surface area (Å²) in [6.07, 6.45) is -0.760. The first kappa shape index (κ1) is 33.4. The monoisotopic (exact) mass is 688 g/mol. The zero-order valence-electron chi connectivity index (χ0n) is 25.6. The minimum atomic E-state index is -4.46. The van der Waals surface area contributed by atoms with E-state index in [0.717, 1.165) is 11.8 Å². The van der Waals surface area contributed by atoms with Crippen LogP contribution < -0.4 is 20.9 Å². The lowest BCUT2D eigenvalue weighted by Crippen LogP contribution is -2.49. The van der Waals surface area contributed by atoms with Gasteiger partial charge in [0.1, 0.15) is 24.4 Å². The molecule has 0 bridgehead atoms. The quantitative estimate of drug-likeness (QED) is 0.198. The van der Waals surface area contributed by atoms with Gasteiger partial charge in [-0.2, -0.15) is 18.3 Å². The summed E-state index contributed by atoms with van der Waals surface area (Å²) in [6, 6.07) is 5.55. The molecule has 19 heteroatoms. The number of anilines is 3. The molecule has 258 valence electrons. The van der Waals surface area contributed by atoms with Crippen LogP contribution in [0.3, 0.4) is 0 Å². The van der Waals surface area contributed by atoms with Crippen molar-refractivity contribution >= 4 is 35.2 Å². The summed E-state index contributed by atoms with van der Waals surface area (Å²) in [7, 11) is 0. The molecule has 4 aromatic rings. The maximum Gasteiger partial charge on any atom is 0.405 e. The maximum absolute atomic E-state index is 14.0. The predicted molar refractivity (Wildman–Crippen MR) is 163 cm³/mol. The molecule has 2 saturated heterocycles. The number of pyridine rings is 2. The molecule has 0 unspecified atom stereocenters. The predicted octanol–water partition coefficient (Wildman–Crippen LogP) is 4.78. The second-order valence-electron chi connectivity index (χ2n) is 11.4. The number of nitrogens with one attached hydrogen (secondary N) is 3. The molecule has 6 rings (SSSR count). The fourth-order valence-corrected chi connectivity index (χ4v) is 5.45. The van der Waals surface area contributed by atoms with Crippen molar-refractivity contribution in [3.63, 3.8) is 0 Å². The fourth-order valence-electron chi connectivity index (χ4n) is 5.45. The number of rotatable bonds is 10. The Kier molecular flexibility index (Phi) is 9.52. The first-order chi connectivity index (χ1) is 23.4. The Morgan fingerprint density at radius 1 is 1.10 bits per heavy atom. The molecule has 3 N–H and O–H groups in total. The molecule has 0 aromatic carbocycles. The number of piperidine rings is 1. The van der Waals surface area contributed by atoms with Crippen LogP contribution in [-0.4, -0.2) is 79.8 Å². The second-order valence-corrected chi connectivity index (χ2v) is 11.4. The summed E-state index contributed by atoms with van der Waals surface area (Å²) in [4.78, 5) is 52.2. The van der Waals surface area contributed by atoms with Crippen LogP contribution in [0.5, 0.6) is 0 Å². The summed E-state index contributed by atoms with van der Waals surface area (Å²) in [5.74, 6) is -0.900. The zero-order chi connectivity index (χ0) is 34.7. The van der Waals surface area contributed by atoms with Gasteiger partial charge < -0.3 is 15.1 Å². The number of carbonyl (C=O) groups is 3. The van der Waals surface area contributed by atoms with E-state index in [1.807, 2.05) is 6.07 Å². The highest BCUT2D eigenvalue weighted by molar-refractivity contribution is 6.05. The number of aromatic nitrogens is 5. The van der Waals surface area contributed by atoms with Crippen molar-refractivity contribution in [1.82, 2.24) is 34.9 Å². The molecule has 2 aliphatic rings. The zero-order valence-corrected chi connectivity index (χ0v) is 25.6. The molecular formula is C30H29F5N10O4. The Labute approximate surface area is 274 Å². The number of imide groups is 1. The van der Waals surface area contributed by atoms with Gasteiger partial charge in [0.25, 0.3) is 12.3 Å². The Balaban J connectivity index is 1.05. The lowest BCUT2D eigenvalue weighted by molar-refractivity contribution is -0.120. The third-order valence-electron chi connectivity index (χ3n) is 7.91. The molecule has 0 atom stereocenters. The topological polar surface area (TPSA) is 163 Å². The van der Waals surface area contributed by atoms with Gasteiger partial charge in [-0.3, -0.25) is 29.4 Å². The van der Waals surface area contributed by atoms with Crippen LogP contribution in [0, 0.1) is 0 Å². The summed E-state index contributed by atoms with van der Waals surface area (Å²) in [5.41, 5.74) is 0.122. The summed E-state index contributed by atoms with van der Waals surface area (Å²) >= 11 is 0. The average molecular weight is 689 g/mol. The molecule has 0 radical (unpaired) electrons. The number of nitrogens with zero attached hydrogens (tertiary/aromatic N) is 7. The summed E-state index contributed by atoms with van der Waals surface area (Å²) in [6.45, 7) is 0.806. The van der Waals surface area contributed by atoms with Gasteiger partial charge >= 0.3 is 12.2 Å². The number of hydrogen-bond acceptors (Lipinski definition) is 10. The Morgan fingerprint density at radius 3 is 2.59 bits per heavy atom. The average Bonchev–Trinajstić information content (AvgIpc) is 3.73. The largest absolute Gasteiger partial charge is 0.444 e. The van der Waals surface area contributed by atoms with Gasteiger partial charge in [0.2, 0.25) is 11.8 Å². The smallest absolute Gasteiger partial charge is 0.405 e. The third-order valence-corrected chi connectivity index (χ3v) is 7.91. The fraction of sp³-hybridized carbons (Fsp3) is 0.367. The number of urea groups is 1. The van der Waals surface area contributed by atoms with Crippen LogP contribution in [0.2, 0.25) is 0 Å². The molecule has 0 aliphatic carbocycles. The molecule has 4 aromatic heterocycles. The van der Waals surface area contributed by atoms with E-state index in [1.54, 1.807) is 12.3 Å². The number of halogens is 5. The van der Waals surface area contributed by atoms with Gasteiger partial charge in [0.05, 0.1) is 11.7 Å². The molecule has 2 fully saturated rings. The van der Waals surface area contributed by atoms with Gasteiger partial charge in [-0.25, -0.2) is 28.5 Å².